The standard InChI is InChI=1S/C21H30N4O/c1-4-22-20(23-14-19-25-16(2)17(3)26-19)24-15-21(12-8-9-13-21)18-10-6-5-7-11-18/h5-7,10-11H,4,8-9,12-15H2,1-3H3,(H2,22,23,24). The van der Waals surface area contributed by atoms with Crippen LogP contribution >= 0.6 is 0 Å². The van der Waals surface area contributed by atoms with E-state index in [1.54, 1.807) is 0 Å². The van der Waals surface area contributed by atoms with Crippen LogP contribution in [0.15, 0.2) is 39.7 Å². The highest BCUT2D eigenvalue weighted by molar-refractivity contribution is 5.79. The van der Waals surface area contributed by atoms with Gasteiger partial charge in [0.05, 0.1) is 5.69 Å². The molecule has 1 aliphatic carbocycles. The van der Waals surface area contributed by atoms with Crippen molar-refractivity contribution >= 4 is 5.96 Å². The molecule has 2 aromatic rings. The number of aliphatic imine (C=N–C) groups is 1. The van der Waals surface area contributed by atoms with Crippen LogP contribution in [0, 0.1) is 13.8 Å². The highest BCUT2D eigenvalue weighted by Gasteiger charge is 2.35. The predicted octanol–water partition coefficient (Wildman–Crippen LogP) is 3.86. The van der Waals surface area contributed by atoms with Gasteiger partial charge in [0.1, 0.15) is 12.3 Å². The van der Waals surface area contributed by atoms with Crippen molar-refractivity contribution < 1.29 is 4.42 Å². The lowest BCUT2D eigenvalue weighted by Gasteiger charge is -2.30. The molecule has 1 fully saturated rings. The summed E-state index contributed by atoms with van der Waals surface area (Å²) in [4.78, 5) is 9.07. The Morgan fingerprint density at radius 3 is 2.50 bits per heavy atom. The molecule has 0 unspecified atom stereocenters. The maximum atomic E-state index is 5.64. The second kappa shape index (κ2) is 8.39. The van der Waals surface area contributed by atoms with Gasteiger partial charge in [-0.1, -0.05) is 43.2 Å². The highest BCUT2D eigenvalue weighted by Crippen LogP contribution is 2.40. The Labute approximate surface area is 156 Å². The van der Waals surface area contributed by atoms with Gasteiger partial charge in [0.2, 0.25) is 5.89 Å². The third kappa shape index (κ3) is 4.26. The molecule has 26 heavy (non-hydrogen) atoms. The maximum Gasteiger partial charge on any atom is 0.216 e. The van der Waals surface area contributed by atoms with E-state index in [1.807, 2.05) is 13.8 Å². The molecule has 0 spiro atoms. The number of nitrogens with one attached hydrogen (secondary N) is 2. The quantitative estimate of drug-likeness (QED) is 0.611. The van der Waals surface area contributed by atoms with Gasteiger partial charge in [-0.2, -0.15) is 0 Å². The van der Waals surface area contributed by atoms with E-state index in [0.29, 0.717) is 12.4 Å². The molecule has 0 bridgehead atoms. The number of rotatable bonds is 6. The molecule has 5 nitrogen and oxygen atoms in total. The summed E-state index contributed by atoms with van der Waals surface area (Å²) in [5.41, 5.74) is 2.56. The average Bonchev–Trinajstić information content (AvgIpc) is 3.26. The number of hydrogen-bond acceptors (Lipinski definition) is 3. The fourth-order valence-electron chi connectivity index (χ4n) is 3.76. The topological polar surface area (TPSA) is 62.5 Å². The zero-order chi connectivity index (χ0) is 18.4. The molecule has 1 aliphatic rings. The van der Waals surface area contributed by atoms with Crippen LogP contribution < -0.4 is 10.6 Å². The molecule has 2 N–H and O–H groups in total. The van der Waals surface area contributed by atoms with E-state index in [0.717, 1.165) is 30.5 Å². The van der Waals surface area contributed by atoms with Crippen molar-refractivity contribution in [1.29, 1.82) is 0 Å². The first-order valence-electron chi connectivity index (χ1n) is 9.63. The summed E-state index contributed by atoms with van der Waals surface area (Å²) in [7, 11) is 0. The van der Waals surface area contributed by atoms with Gasteiger partial charge in [0.25, 0.3) is 0 Å². The minimum absolute atomic E-state index is 0.202. The number of aryl methyl sites for hydroxylation is 2. The zero-order valence-electron chi connectivity index (χ0n) is 16.1. The van der Waals surface area contributed by atoms with Gasteiger partial charge >= 0.3 is 0 Å². The minimum Gasteiger partial charge on any atom is -0.444 e. The Hall–Kier alpha value is -2.30. The zero-order valence-corrected chi connectivity index (χ0v) is 16.1. The molecule has 0 aliphatic heterocycles. The van der Waals surface area contributed by atoms with Gasteiger partial charge < -0.3 is 15.1 Å². The first-order valence-corrected chi connectivity index (χ1v) is 9.63. The Morgan fingerprint density at radius 1 is 1.15 bits per heavy atom. The maximum absolute atomic E-state index is 5.64. The van der Waals surface area contributed by atoms with Gasteiger partial charge in [-0.05, 0) is 39.2 Å². The molecule has 1 heterocycles. The molecule has 3 rings (SSSR count). The summed E-state index contributed by atoms with van der Waals surface area (Å²) >= 11 is 0. The van der Waals surface area contributed by atoms with E-state index in [4.69, 9.17) is 4.42 Å². The Bertz CT molecular complexity index is 710. The lowest BCUT2D eigenvalue weighted by atomic mass is 9.79. The predicted molar refractivity (Wildman–Crippen MR) is 105 cm³/mol. The van der Waals surface area contributed by atoms with Crippen molar-refractivity contribution in [1.82, 2.24) is 15.6 Å². The molecular formula is C21H30N4O. The van der Waals surface area contributed by atoms with Crippen LogP contribution in [0.4, 0.5) is 0 Å². The minimum atomic E-state index is 0.202. The molecule has 5 heteroatoms. The Balaban J connectivity index is 1.69. The summed E-state index contributed by atoms with van der Waals surface area (Å²) in [5.74, 6) is 2.35. The summed E-state index contributed by atoms with van der Waals surface area (Å²) < 4.78 is 5.64. The molecular weight excluding hydrogens is 324 g/mol. The van der Waals surface area contributed by atoms with Crippen molar-refractivity contribution in [2.24, 2.45) is 4.99 Å². The first kappa shape index (κ1) is 18.5. The smallest absolute Gasteiger partial charge is 0.216 e. The lowest BCUT2D eigenvalue weighted by molar-refractivity contribution is 0.431. The number of nitrogens with zero attached hydrogens (tertiary/aromatic N) is 2. The first-order chi connectivity index (χ1) is 12.6. The largest absolute Gasteiger partial charge is 0.444 e. The monoisotopic (exact) mass is 354 g/mol. The number of benzene rings is 1. The number of hydrogen-bond donors (Lipinski definition) is 2. The van der Waals surface area contributed by atoms with Crippen molar-refractivity contribution in [2.75, 3.05) is 13.1 Å². The van der Waals surface area contributed by atoms with E-state index in [1.165, 1.54) is 31.2 Å². The van der Waals surface area contributed by atoms with Crippen LogP contribution in [0.3, 0.4) is 0 Å². The molecule has 1 aromatic carbocycles. The van der Waals surface area contributed by atoms with Crippen LogP contribution in [0.2, 0.25) is 0 Å². The van der Waals surface area contributed by atoms with Gasteiger partial charge in [0, 0.05) is 18.5 Å². The average molecular weight is 354 g/mol. The Kier molecular flexibility index (Phi) is 5.96. The molecule has 0 saturated heterocycles. The van der Waals surface area contributed by atoms with Crippen LogP contribution in [0.5, 0.6) is 0 Å². The van der Waals surface area contributed by atoms with Gasteiger partial charge in [-0.3, -0.25) is 0 Å². The molecule has 0 radical (unpaired) electrons. The van der Waals surface area contributed by atoms with Crippen LogP contribution in [0.1, 0.15) is 55.5 Å². The number of aromatic nitrogens is 1. The summed E-state index contributed by atoms with van der Waals surface area (Å²) in [6.07, 6.45) is 5.03. The van der Waals surface area contributed by atoms with Crippen LogP contribution in [-0.2, 0) is 12.0 Å². The van der Waals surface area contributed by atoms with Gasteiger partial charge in [-0.15, -0.1) is 0 Å². The van der Waals surface area contributed by atoms with E-state index < -0.39 is 0 Å². The van der Waals surface area contributed by atoms with Gasteiger partial charge in [0.15, 0.2) is 5.96 Å². The molecule has 1 aromatic heterocycles. The molecule has 0 amide bonds. The number of guanidine groups is 1. The third-order valence-electron chi connectivity index (χ3n) is 5.33. The molecule has 140 valence electrons. The normalized spacial score (nSPS) is 16.7. The summed E-state index contributed by atoms with van der Waals surface area (Å²) in [6.45, 7) is 8.14. The van der Waals surface area contributed by atoms with E-state index in [-0.39, 0.29) is 5.41 Å². The van der Waals surface area contributed by atoms with E-state index in [2.05, 4.69) is 57.9 Å². The summed E-state index contributed by atoms with van der Waals surface area (Å²) in [5, 5.41) is 6.90. The number of oxazole rings is 1. The van der Waals surface area contributed by atoms with Crippen molar-refractivity contribution in [3.8, 4) is 0 Å². The molecule has 0 atom stereocenters. The lowest BCUT2D eigenvalue weighted by Crippen LogP contribution is -2.44. The van der Waals surface area contributed by atoms with Crippen molar-refractivity contribution in [3.63, 3.8) is 0 Å². The summed E-state index contributed by atoms with van der Waals surface area (Å²) in [6, 6.07) is 10.9. The van der Waals surface area contributed by atoms with Crippen LogP contribution in [0.25, 0.3) is 0 Å². The van der Waals surface area contributed by atoms with Gasteiger partial charge in [-0.25, -0.2) is 9.98 Å². The third-order valence-corrected chi connectivity index (χ3v) is 5.33. The second-order valence-electron chi connectivity index (χ2n) is 7.15. The fourth-order valence-corrected chi connectivity index (χ4v) is 3.76. The Morgan fingerprint density at radius 2 is 1.88 bits per heavy atom. The highest BCUT2D eigenvalue weighted by atomic mass is 16.4. The van der Waals surface area contributed by atoms with Crippen molar-refractivity contribution in [3.05, 3.63) is 53.2 Å². The van der Waals surface area contributed by atoms with Crippen LogP contribution in [-0.4, -0.2) is 24.0 Å². The molecule has 1 saturated carbocycles. The van der Waals surface area contributed by atoms with E-state index >= 15 is 0 Å². The van der Waals surface area contributed by atoms with E-state index in [9.17, 15) is 0 Å². The second-order valence-corrected chi connectivity index (χ2v) is 7.15. The fraction of sp³-hybridized carbons (Fsp3) is 0.524. The van der Waals surface area contributed by atoms with Crippen molar-refractivity contribution in [2.45, 2.75) is 58.4 Å². The SMILES string of the molecule is CCNC(=NCc1nc(C)c(C)o1)NCC1(c2ccccc2)CCCC1.